The van der Waals surface area contributed by atoms with Gasteiger partial charge in [0.25, 0.3) is 0 Å². The molecule has 0 radical (unpaired) electrons. The lowest BCUT2D eigenvalue weighted by atomic mass is 9.98. The summed E-state index contributed by atoms with van der Waals surface area (Å²) in [6, 6.07) is 9.88. The van der Waals surface area contributed by atoms with E-state index in [1.54, 1.807) is 5.38 Å². The predicted octanol–water partition coefficient (Wildman–Crippen LogP) is 2.30. The summed E-state index contributed by atoms with van der Waals surface area (Å²) in [5, 5.41) is 4.97. The first-order chi connectivity index (χ1) is 10.0. The van der Waals surface area contributed by atoms with E-state index in [1.807, 2.05) is 37.3 Å². The molecule has 1 aromatic heterocycles. The highest BCUT2D eigenvalue weighted by Gasteiger charge is 2.13. The third kappa shape index (κ3) is 4.68. The quantitative estimate of drug-likeness (QED) is 0.858. The minimum Gasteiger partial charge on any atom is -0.369 e. The van der Waals surface area contributed by atoms with E-state index in [0.29, 0.717) is 17.2 Å². The highest BCUT2D eigenvalue weighted by atomic mass is 32.1. The Balaban J connectivity index is 1.89. The molecule has 0 spiro atoms. The molecule has 1 atom stereocenters. The standard InChI is InChI=1S/C15H17N3O2S/c1-10(11-5-3-2-4-6-11)7-14(20)18-15-17-12(9-21-15)8-13(16)19/h2-6,9-10H,7-8H2,1H3,(H2,16,19)(H,17,18,20)/t10-/m0/s1. The fourth-order valence-corrected chi connectivity index (χ4v) is 2.70. The average Bonchev–Trinajstić information content (AvgIpc) is 2.85. The first-order valence-corrected chi connectivity index (χ1v) is 7.50. The molecule has 0 saturated carbocycles. The Labute approximate surface area is 127 Å². The van der Waals surface area contributed by atoms with Crippen molar-refractivity contribution < 1.29 is 9.59 Å². The van der Waals surface area contributed by atoms with Crippen LogP contribution < -0.4 is 11.1 Å². The maximum absolute atomic E-state index is 12.0. The number of primary amides is 1. The van der Waals surface area contributed by atoms with Gasteiger partial charge in [0, 0.05) is 11.8 Å². The number of carbonyl (C=O) groups is 2. The van der Waals surface area contributed by atoms with E-state index in [0.717, 1.165) is 5.56 Å². The van der Waals surface area contributed by atoms with Crippen molar-refractivity contribution in [1.82, 2.24) is 4.98 Å². The van der Waals surface area contributed by atoms with E-state index >= 15 is 0 Å². The molecule has 6 heteroatoms. The summed E-state index contributed by atoms with van der Waals surface area (Å²) < 4.78 is 0. The van der Waals surface area contributed by atoms with Crippen LogP contribution in [0.2, 0.25) is 0 Å². The topological polar surface area (TPSA) is 85.1 Å². The van der Waals surface area contributed by atoms with Gasteiger partial charge in [-0.3, -0.25) is 9.59 Å². The van der Waals surface area contributed by atoms with E-state index in [2.05, 4.69) is 10.3 Å². The molecule has 2 rings (SSSR count). The number of benzene rings is 1. The number of hydrogen-bond donors (Lipinski definition) is 2. The highest BCUT2D eigenvalue weighted by Crippen LogP contribution is 2.21. The molecular weight excluding hydrogens is 286 g/mol. The molecule has 0 unspecified atom stereocenters. The van der Waals surface area contributed by atoms with Crippen LogP contribution >= 0.6 is 11.3 Å². The molecule has 2 aromatic rings. The normalized spacial score (nSPS) is 11.9. The van der Waals surface area contributed by atoms with Crippen LogP contribution in [0.15, 0.2) is 35.7 Å². The van der Waals surface area contributed by atoms with Gasteiger partial charge in [-0.05, 0) is 11.5 Å². The number of nitrogens with zero attached hydrogens (tertiary/aromatic N) is 1. The Kier molecular flexibility index (Phi) is 5.05. The molecule has 5 nitrogen and oxygen atoms in total. The van der Waals surface area contributed by atoms with Crippen molar-refractivity contribution in [2.45, 2.75) is 25.7 Å². The van der Waals surface area contributed by atoms with Crippen LogP contribution in [0.1, 0.15) is 30.5 Å². The van der Waals surface area contributed by atoms with Crippen LogP contribution in [0.5, 0.6) is 0 Å². The molecule has 1 heterocycles. The van der Waals surface area contributed by atoms with Crippen LogP contribution in [0.3, 0.4) is 0 Å². The van der Waals surface area contributed by atoms with Crippen LogP contribution in [0, 0.1) is 0 Å². The molecule has 0 fully saturated rings. The third-order valence-electron chi connectivity index (χ3n) is 3.01. The molecule has 1 aromatic carbocycles. The molecular formula is C15H17N3O2S. The minimum absolute atomic E-state index is 0.0901. The van der Waals surface area contributed by atoms with E-state index in [1.165, 1.54) is 11.3 Å². The Hall–Kier alpha value is -2.21. The van der Waals surface area contributed by atoms with Gasteiger partial charge in [0.05, 0.1) is 12.1 Å². The smallest absolute Gasteiger partial charge is 0.226 e. The molecule has 0 aliphatic rings. The second-order valence-electron chi connectivity index (χ2n) is 4.85. The van der Waals surface area contributed by atoms with Gasteiger partial charge in [-0.15, -0.1) is 11.3 Å². The Morgan fingerprint density at radius 2 is 2.05 bits per heavy atom. The van der Waals surface area contributed by atoms with Gasteiger partial charge in [-0.25, -0.2) is 4.98 Å². The highest BCUT2D eigenvalue weighted by molar-refractivity contribution is 7.13. The molecule has 2 amide bonds. The molecule has 21 heavy (non-hydrogen) atoms. The molecule has 0 aliphatic heterocycles. The average molecular weight is 303 g/mol. The number of hydrogen-bond acceptors (Lipinski definition) is 4. The lowest BCUT2D eigenvalue weighted by Crippen LogP contribution is -2.15. The van der Waals surface area contributed by atoms with Crippen LogP contribution in [0.4, 0.5) is 5.13 Å². The zero-order chi connectivity index (χ0) is 15.2. The predicted molar refractivity (Wildman–Crippen MR) is 83.1 cm³/mol. The Bertz CT molecular complexity index is 625. The first-order valence-electron chi connectivity index (χ1n) is 6.62. The summed E-state index contributed by atoms with van der Waals surface area (Å²) >= 11 is 1.29. The minimum atomic E-state index is -0.434. The number of thiazole rings is 1. The maximum Gasteiger partial charge on any atom is 0.226 e. The van der Waals surface area contributed by atoms with Crippen molar-refractivity contribution in [3.8, 4) is 0 Å². The van der Waals surface area contributed by atoms with Crippen LogP contribution in [-0.2, 0) is 16.0 Å². The Morgan fingerprint density at radius 1 is 1.33 bits per heavy atom. The molecule has 0 saturated heterocycles. The zero-order valence-electron chi connectivity index (χ0n) is 11.7. The fraction of sp³-hybridized carbons (Fsp3) is 0.267. The monoisotopic (exact) mass is 303 g/mol. The lowest BCUT2D eigenvalue weighted by molar-refractivity contribution is -0.117. The van der Waals surface area contributed by atoms with Crippen molar-refractivity contribution in [1.29, 1.82) is 0 Å². The number of anilines is 1. The molecule has 0 bridgehead atoms. The molecule has 3 N–H and O–H groups in total. The number of amides is 2. The number of nitrogens with two attached hydrogens (primary N) is 1. The number of aromatic nitrogens is 1. The van der Waals surface area contributed by atoms with Gasteiger partial charge in [0.15, 0.2) is 5.13 Å². The van der Waals surface area contributed by atoms with Gasteiger partial charge in [0.2, 0.25) is 11.8 Å². The van der Waals surface area contributed by atoms with E-state index in [-0.39, 0.29) is 18.2 Å². The maximum atomic E-state index is 12.0. The first kappa shape index (κ1) is 15.2. The van der Waals surface area contributed by atoms with Gasteiger partial charge in [0.1, 0.15) is 0 Å². The summed E-state index contributed by atoms with van der Waals surface area (Å²) in [4.78, 5) is 26.9. The second-order valence-corrected chi connectivity index (χ2v) is 5.71. The zero-order valence-corrected chi connectivity index (χ0v) is 12.5. The van der Waals surface area contributed by atoms with Gasteiger partial charge in [-0.1, -0.05) is 37.3 Å². The van der Waals surface area contributed by atoms with Crippen LogP contribution in [-0.4, -0.2) is 16.8 Å². The Morgan fingerprint density at radius 3 is 2.71 bits per heavy atom. The molecule has 0 aliphatic carbocycles. The van der Waals surface area contributed by atoms with Crippen molar-refractivity contribution in [3.63, 3.8) is 0 Å². The van der Waals surface area contributed by atoms with Gasteiger partial charge >= 0.3 is 0 Å². The summed E-state index contributed by atoms with van der Waals surface area (Å²) in [5.74, 6) is -0.390. The van der Waals surface area contributed by atoms with Crippen molar-refractivity contribution in [2.24, 2.45) is 5.73 Å². The fourth-order valence-electron chi connectivity index (χ4n) is 1.97. The summed E-state index contributed by atoms with van der Waals surface area (Å²) in [7, 11) is 0. The van der Waals surface area contributed by atoms with Crippen LogP contribution in [0.25, 0.3) is 0 Å². The van der Waals surface area contributed by atoms with E-state index in [9.17, 15) is 9.59 Å². The van der Waals surface area contributed by atoms with E-state index < -0.39 is 5.91 Å². The second kappa shape index (κ2) is 6.99. The molecule has 110 valence electrons. The third-order valence-corrected chi connectivity index (χ3v) is 3.82. The largest absolute Gasteiger partial charge is 0.369 e. The van der Waals surface area contributed by atoms with Crippen molar-refractivity contribution in [2.75, 3.05) is 5.32 Å². The number of nitrogens with one attached hydrogen (secondary N) is 1. The number of carbonyl (C=O) groups excluding carboxylic acids is 2. The van der Waals surface area contributed by atoms with E-state index in [4.69, 9.17) is 5.73 Å². The summed E-state index contributed by atoms with van der Waals surface area (Å²) in [5.41, 5.74) is 6.81. The van der Waals surface area contributed by atoms with Gasteiger partial charge in [-0.2, -0.15) is 0 Å². The summed E-state index contributed by atoms with van der Waals surface area (Å²) in [6.07, 6.45) is 0.474. The summed E-state index contributed by atoms with van der Waals surface area (Å²) in [6.45, 7) is 2.01. The SMILES string of the molecule is C[C@@H](CC(=O)Nc1nc(CC(N)=O)cs1)c1ccccc1. The van der Waals surface area contributed by atoms with Gasteiger partial charge < -0.3 is 11.1 Å². The number of rotatable bonds is 6. The lowest BCUT2D eigenvalue weighted by Gasteiger charge is -2.10. The van der Waals surface area contributed by atoms with Crippen molar-refractivity contribution in [3.05, 3.63) is 47.0 Å². The van der Waals surface area contributed by atoms with Crippen molar-refractivity contribution >= 4 is 28.3 Å².